The Bertz CT molecular complexity index is 591. The monoisotopic (exact) mass is 333 g/mol. The molecule has 0 aromatic heterocycles. The number of benzene rings is 1. The normalized spacial score (nSPS) is 22.0. The molecule has 1 aromatic carbocycles. The minimum atomic E-state index is 0.0183. The number of carbonyl (C=O) groups is 1. The van der Waals surface area contributed by atoms with E-state index in [1.165, 1.54) is 5.56 Å². The Hall–Kier alpha value is -1.79. The summed E-state index contributed by atoms with van der Waals surface area (Å²) in [6.45, 7) is 5.57. The average molecular weight is 333 g/mol. The topological polar surface area (TPSA) is 45.3 Å². The van der Waals surface area contributed by atoms with Gasteiger partial charge >= 0.3 is 0 Å². The van der Waals surface area contributed by atoms with Crippen molar-refractivity contribution in [2.75, 3.05) is 60.5 Å². The van der Waals surface area contributed by atoms with Gasteiger partial charge in [-0.25, -0.2) is 0 Å². The van der Waals surface area contributed by atoms with E-state index < -0.39 is 0 Å². The molecule has 0 radical (unpaired) electrons. The number of amides is 1. The number of hydrogen-bond acceptors (Lipinski definition) is 5. The summed E-state index contributed by atoms with van der Waals surface area (Å²) < 4.78 is 11.3. The summed E-state index contributed by atoms with van der Waals surface area (Å²) >= 11 is 0. The van der Waals surface area contributed by atoms with Crippen molar-refractivity contribution in [2.24, 2.45) is 5.92 Å². The van der Waals surface area contributed by atoms with Gasteiger partial charge in [-0.1, -0.05) is 6.07 Å². The van der Waals surface area contributed by atoms with Gasteiger partial charge in [0.1, 0.15) is 13.2 Å². The predicted molar refractivity (Wildman–Crippen MR) is 92.4 cm³/mol. The number of ether oxygens (including phenoxy) is 2. The van der Waals surface area contributed by atoms with Crippen molar-refractivity contribution in [1.29, 1.82) is 0 Å². The molecule has 0 bridgehead atoms. The van der Waals surface area contributed by atoms with Gasteiger partial charge in [-0.05, 0) is 24.7 Å². The first-order valence-corrected chi connectivity index (χ1v) is 8.53. The van der Waals surface area contributed by atoms with Crippen LogP contribution in [0.5, 0.6) is 11.5 Å². The SMILES string of the molecule is CN1CCN(Cc2ccc3c(c2)OCCO3)CC(C(=O)N(C)C)C1. The molecule has 1 fully saturated rings. The molecule has 2 heterocycles. The molecular formula is C18H27N3O3. The Labute approximate surface area is 143 Å². The van der Waals surface area contributed by atoms with Gasteiger partial charge in [-0.3, -0.25) is 9.69 Å². The molecule has 2 aliphatic heterocycles. The first kappa shape index (κ1) is 17.0. The summed E-state index contributed by atoms with van der Waals surface area (Å²) in [4.78, 5) is 18.7. The Morgan fingerprint density at radius 3 is 2.67 bits per heavy atom. The number of rotatable bonds is 3. The molecule has 2 aliphatic rings. The largest absolute Gasteiger partial charge is 0.486 e. The summed E-state index contributed by atoms with van der Waals surface area (Å²) in [6, 6.07) is 6.13. The molecule has 6 nitrogen and oxygen atoms in total. The van der Waals surface area contributed by atoms with Crippen LogP contribution in [0.1, 0.15) is 5.56 Å². The highest BCUT2D eigenvalue weighted by molar-refractivity contribution is 5.78. The van der Waals surface area contributed by atoms with Crippen LogP contribution in [0.25, 0.3) is 0 Å². The molecule has 0 spiro atoms. The molecule has 0 N–H and O–H groups in total. The molecule has 132 valence electrons. The zero-order valence-electron chi connectivity index (χ0n) is 14.8. The van der Waals surface area contributed by atoms with Gasteiger partial charge in [0.2, 0.25) is 5.91 Å². The van der Waals surface area contributed by atoms with Crippen molar-refractivity contribution in [3.05, 3.63) is 23.8 Å². The highest BCUT2D eigenvalue weighted by Crippen LogP contribution is 2.31. The van der Waals surface area contributed by atoms with Crippen LogP contribution in [0.3, 0.4) is 0 Å². The molecule has 1 unspecified atom stereocenters. The molecule has 24 heavy (non-hydrogen) atoms. The van der Waals surface area contributed by atoms with Crippen LogP contribution in [0.4, 0.5) is 0 Å². The van der Waals surface area contributed by atoms with Gasteiger partial charge in [0.05, 0.1) is 5.92 Å². The number of nitrogens with zero attached hydrogens (tertiary/aromatic N) is 3. The average Bonchev–Trinajstić information content (AvgIpc) is 2.75. The summed E-state index contributed by atoms with van der Waals surface area (Å²) in [6.07, 6.45) is 0. The molecule has 3 rings (SSSR count). The summed E-state index contributed by atoms with van der Waals surface area (Å²) in [7, 11) is 5.75. The quantitative estimate of drug-likeness (QED) is 0.823. The van der Waals surface area contributed by atoms with Crippen LogP contribution >= 0.6 is 0 Å². The lowest BCUT2D eigenvalue weighted by atomic mass is 10.1. The van der Waals surface area contributed by atoms with Crippen molar-refractivity contribution in [2.45, 2.75) is 6.54 Å². The predicted octanol–water partition coefficient (Wildman–Crippen LogP) is 0.910. The van der Waals surface area contributed by atoms with Gasteiger partial charge in [-0.15, -0.1) is 0 Å². The molecule has 1 saturated heterocycles. The summed E-state index contributed by atoms with van der Waals surface area (Å²) in [5.74, 6) is 1.87. The lowest BCUT2D eigenvalue weighted by Crippen LogP contribution is -2.40. The molecule has 1 amide bonds. The third-order valence-electron chi connectivity index (χ3n) is 4.61. The third-order valence-corrected chi connectivity index (χ3v) is 4.61. The van der Waals surface area contributed by atoms with Crippen LogP contribution in [0, 0.1) is 5.92 Å². The van der Waals surface area contributed by atoms with E-state index in [0.717, 1.165) is 44.2 Å². The summed E-state index contributed by atoms with van der Waals surface area (Å²) in [5, 5.41) is 0. The number of fused-ring (bicyclic) bond motifs is 1. The standard InChI is InChI=1S/C18H27N3O3/c1-19(2)18(22)15-12-20(3)6-7-21(13-15)11-14-4-5-16-17(10-14)24-9-8-23-16/h4-5,10,15H,6-9,11-13H2,1-3H3. The lowest BCUT2D eigenvalue weighted by Gasteiger charge is -2.26. The maximum Gasteiger partial charge on any atom is 0.227 e. The fourth-order valence-electron chi connectivity index (χ4n) is 3.35. The van der Waals surface area contributed by atoms with Gasteiger partial charge in [0, 0.05) is 46.8 Å². The lowest BCUT2D eigenvalue weighted by molar-refractivity contribution is -0.133. The fraction of sp³-hybridized carbons (Fsp3) is 0.611. The zero-order valence-corrected chi connectivity index (χ0v) is 14.8. The van der Waals surface area contributed by atoms with E-state index in [0.29, 0.717) is 13.2 Å². The van der Waals surface area contributed by atoms with Crippen molar-refractivity contribution in [3.63, 3.8) is 0 Å². The molecule has 6 heteroatoms. The van der Waals surface area contributed by atoms with E-state index in [9.17, 15) is 4.79 Å². The molecule has 0 saturated carbocycles. The highest BCUT2D eigenvalue weighted by atomic mass is 16.6. The summed E-state index contributed by atoms with van der Waals surface area (Å²) in [5.41, 5.74) is 1.19. The van der Waals surface area contributed by atoms with Crippen molar-refractivity contribution in [3.8, 4) is 11.5 Å². The molecule has 1 aromatic rings. The van der Waals surface area contributed by atoms with E-state index in [1.807, 2.05) is 20.2 Å². The van der Waals surface area contributed by atoms with Crippen LogP contribution in [0.2, 0.25) is 0 Å². The van der Waals surface area contributed by atoms with Gasteiger partial charge in [-0.2, -0.15) is 0 Å². The number of hydrogen-bond donors (Lipinski definition) is 0. The first-order valence-electron chi connectivity index (χ1n) is 8.53. The maximum atomic E-state index is 12.4. The van der Waals surface area contributed by atoms with Crippen LogP contribution in [-0.2, 0) is 11.3 Å². The van der Waals surface area contributed by atoms with Crippen molar-refractivity contribution < 1.29 is 14.3 Å². The third kappa shape index (κ3) is 3.99. The second kappa shape index (κ2) is 7.40. The van der Waals surface area contributed by atoms with Crippen molar-refractivity contribution >= 4 is 5.91 Å². The Balaban J connectivity index is 1.70. The highest BCUT2D eigenvalue weighted by Gasteiger charge is 2.27. The number of likely N-dealkylation sites (N-methyl/N-ethyl adjacent to an activating group) is 1. The van der Waals surface area contributed by atoms with Gasteiger partial charge in [0.15, 0.2) is 11.5 Å². The van der Waals surface area contributed by atoms with E-state index in [4.69, 9.17) is 9.47 Å². The second-order valence-electron chi connectivity index (χ2n) is 6.90. The minimum absolute atomic E-state index is 0.0183. The number of carbonyl (C=O) groups excluding carboxylic acids is 1. The van der Waals surface area contributed by atoms with Gasteiger partial charge < -0.3 is 19.3 Å². The molecular weight excluding hydrogens is 306 g/mol. The van der Waals surface area contributed by atoms with E-state index in [2.05, 4.69) is 29.0 Å². The zero-order chi connectivity index (χ0) is 17.1. The Morgan fingerprint density at radius 1 is 1.17 bits per heavy atom. The van der Waals surface area contributed by atoms with E-state index in [1.54, 1.807) is 4.90 Å². The Kier molecular flexibility index (Phi) is 5.26. The van der Waals surface area contributed by atoms with Crippen LogP contribution < -0.4 is 9.47 Å². The smallest absolute Gasteiger partial charge is 0.227 e. The van der Waals surface area contributed by atoms with E-state index in [-0.39, 0.29) is 11.8 Å². The fourth-order valence-corrected chi connectivity index (χ4v) is 3.35. The van der Waals surface area contributed by atoms with Crippen molar-refractivity contribution in [1.82, 2.24) is 14.7 Å². The molecule has 0 aliphatic carbocycles. The van der Waals surface area contributed by atoms with Crippen LogP contribution in [-0.4, -0.2) is 81.1 Å². The Morgan fingerprint density at radius 2 is 1.92 bits per heavy atom. The van der Waals surface area contributed by atoms with Crippen LogP contribution in [0.15, 0.2) is 18.2 Å². The molecule has 1 atom stereocenters. The van der Waals surface area contributed by atoms with E-state index >= 15 is 0 Å². The minimum Gasteiger partial charge on any atom is -0.486 e. The maximum absolute atomic E-state index is 12.4. The van der Waals surface area contributed by atoms with Gasteiger partial charge in [0.25, 0.3) is 0 Å². The second-order valence-corrected chi connectivity index (χ2v) is 6.90. The first-order chi connectivity index (χ1) is 11.5.